The number of nitrogens with one attached hydrogen (secondary N) is 1. The molecule has 2 N–H and O–H groups in total. The van der Waals surface area contributed by atoms with Gasteiger partial charge in [0.25, 0.3) is 0 Å². The van der Waals surface area contributed by atoms with Crippen molar-refractivity contribution in [3.05, 3.63) is 54.7 Å². The van der Waals surface area contributed by atoms with E-state index >= 15 is 0 Å². The maximum Gasteiger partial charge on any atom is 0.358 e. The molecule has 0 aliphatic rings. The van der Waals surface area contributed by atoms with Gasteiger partial charge in [0.15, 0.2) is 5.69 Å². The quantitative estimate of drug-likeness (QED) is 0.294. The summed E-state index contributed by atoms with van der Waals surface area (Å²) in [6.45, 7) is 11.0. The Morgan fingerprint density at radius 2 is 2.03 bits per heavy atom. The zero-order chi connectivity index (χ0) is 22.6. The van der Waals surface area contributed by atoms with Crippen LogP contribution in [0.15, 0.2) is 49.1 Å². The summed E-state index contributed by atoms with van der Waals surface area (Å²) >= 11 is 0. The molecular weight excluding hydrogens is 412 g/mol. The Balaban J connectivity index is 1.90. The number of fused-ring (bicyclic) bond motifs is 1. The van der Waals surface area contributed by atoms with Crippen molar-refractivity contribution < 1.29 is 19.4 Å². The molecule has 0 aliphatic heterocycles. The van der Waals surface area contributed by atoms with Crippen molar-refractivity contribution in [3.63, 3.8) is 0 Å². The molecule has 0 aliphatic carbocycles. The van der Waals surface area contributed by atoms with Crippen LogP contribution < -0.4 is 5.32 Å². The Morgan fingerprint density at radius 1 is 1.26 bits per heavy atom. The first-order chi connectivity index (χ1) is 14.7. The molecule has 0 unspecified atom stereocenters. The number of carbonyl (C=O) groups is 2. The van der Waals surface area contributed by atoms with Crippen LogP contribution >= 0.6 is 0 Å². The van der Waals surface area contributed by atoms with Crippen molar-refractivity contribution in [3.8, 4) is 11.3 Å². The molecule has 0 bridgehead atoms. The number of carbonyl (C=O) groups excluding carboxylic acids is 1. The molecule has 3 aromatic rings. The molecule has 0 atom stereocenters. The number of aromatic carboxylic acids is 1. The maximum atomic E-state index is 11.7. The maximum absolute atomic E-state index is 11.7. The number of anilines is 1. The van der Waals surface area contributed by atoms with Gasteiger partial charge < -0.3 is 15.2 Å². The van der Waals surface area contributed by atoms with Gasteiger partial charge in [0.1, 0.15) is 12.2 Å². The van der Waals surface area contributed by atoms with Crippen LogP contribution in [0.5, 0.6) is 0 Å². The second-order valence-corrected chi connectivity index (χ2v) is 14.0. The van der Waals surface area contributed by atoms with Gasteiger partial charge in [0.05, 0.1) is 11.2 Å². The lowest BCUT2D eigenvalue weighted by Gasteiger charge is -2.15. The van der Waals surface area contributed by atoms with Gasteiger partial charge in [0, 0.05) is 25.9 Å². The van der Waals surface area contributed by atoms with Crippen molar-refractivity contribution in [2.24, 2.45) is 0 Å². The monoisotopic (exact) mass is 438 g/mol. The van der Waals surface area contributed by atoms with Crippen molar-refractivity contribution in [2.45, 2.75) is 32.4 Å². The fourth-order valence-corrected chi connectivity index (χ4v) is 3.70. The van der Waals surface area contributed by atoms with E-state index in [1.807, 2.05) is 6.07 Å². The van der Waals surface area contributed by atoms with E-state index in [-0.39, 0.29) is 18.3 Å². The number of carboxylic acids is 1. The summed E-state index contributed by atoms with van der Waals surface area (Å²) in [7, 11) is -1.22. The smallest absolute Gasteiger partial charge is 0.358 e. The van der Waals surface area contributed by atoms with Gasteiger partial charge in [-0.15, -0.1) is 0 Å². The topological polar surface area (TPSA) is 106 Å². The number of aromatic nitrogens is 3. The number of pyridine rings is 1. The van der Waals surface area contributed by atoms with E-state index in [9.17, 15) is 14.7 Å². The molecule has 0 fully saturated rings. The van der Waals surface area contributed by atoms with E-state index in [0.717, 1.165) is 11.6 Å². The van der Waals surface area contributed by atoms with E-state index in [4.69, 9.17) is 4.74 Å². The lowest BCUT2D eigenvalue weighted by Crippen LogP contribution is -2.22. The zero-order valence-electron chi connectivity index (χ0n) is 17.9. The number of rotatable bonds is 9. The minimum atomic E-state index is -1.22. The van der Waals surface area contributed by atoms with Gasteiger partial charge in [-0.2, -0.15) is 5.10 Å². The molecule has 2 aromatic heterocycles. The van der Waals surface area contributed by atoms with E-state index in [0.29, 0.717) is 29.0 Å². The van der Waals surface area contributed by atoms with Crippen molar-refractivity contribution in [2.75, 3.05) is 11.9 Å². The molecule has 31 heavy (non-hydrogen) atoms. The molecule has 162 valence electrons. The largest absolute Gasteiger partial charge is 0.476 e. The first-order valence-electron chi connectivity index (χ1n) is 9.90. The van der Waals surface area contributed by atoms with Crippen molar-refractivity contribution in [1.29, 1.82) is 0 Å². The van der Waals surface area contributed by atoms with Crippen LogP contribution in [0, 0.1) is 0 Å². The Hall–Kier alpha value is -3.30. The molecule has 0 spiro atoms. The number of benzene rings is 1. The van der Waals surface area contributed by atoms with Gasteiger partial charge in [-0.1, -0.05) is 38.4 Å². The predicted octanol–water partition coefficient (Wildman–Crippen LogP) is 4.23. The van der Waals surface area contributed by atoms with Gasteiger partial charge in [-0.05, 0) is 36.4 Å². The first-order valence-corrected chi connectivity index (χ1v) is 13.6. The highest BCUT2D eigenvalue weighted by Gasteiger charge is 2.19. The van der Waals surface area contributed by atoms with E-state index < -0.39 is 14.0 Å². The van der Waals surface area contributed by atoms with Crippen LogP contribution in [0.25, 0.3) is 22.3 Å². The average molecular weight is 439 g/mol. The van der Waals surface area contributed by atoms with Crippen LogP contribution in [-0.2, 0) is 16.3 Å². The van der Waals surface area contributed by atoms with Gasteiger partial charge in [0.2, 0.25) is 5.91 Å². The van der Waals surface area contributed by atoms with E-state index in [1.165, 1.54) is 10.8 Å². The van der Waals surface area contributed by atoms with Gasteiger partial charge in [-0.25, -0.2) is 14.5 Å². The Labute approximate surface area is 181 Å². The third kappa shape index (κ3) is 5.65. The lowest BCUT2D eigenvalue weighted by molar-refractivity contribution is -0.111. The van der Waals surface area contributed by atoms with Crippen LogP contribution in [0.1, 0.15) is 10.5 Å². The number of hydrogen-bond donors (Lipinski definition) is 2. The molecule has 3 rings (SSSR count). The average Bonchev–Trinajstić information content (AvgIpc) is 3.09. The summed E-state index contributed by atoms with van der Waals surface area (Å²) in [5, 5.41) is 16.5. The Bertz CT molecular complexity index is 1130. The minimum absolute atomic E-state index is 0.123. The summed E-state index contributed by atoms with van der Waals surface area (Å²) in [6, 6.07) is 11.7. The molecule has 0 saturated heterocycles. The standard InChI is InChI=1S/C22H26N4O4Si/c1-5-19(27)23-16-8-6-7-15(13-16)17-9-10-18-20(24-17)21(22(28)29)25-26(18)14-30-11-12-31(2,3)4/h5-10,13H,1,11-12,14H2,2-4H3,(H,23,27)(H,28,29). The third-order valence-electron chi connectivity index (χ3n) is 4.62. The third-order valence-corrected chi connectivity index (χ3v) is 6.32. The molecule has 1 aromatic carbocycles. The highest BCUT2D eigenvalue weighted by molar-refractivity contribution is 6.76. The SMILES string of the molecule is C=CC(=O)Nc1cccc(-c2ccc3c(n2)c(C(=O)O)nn3COCC[Si](C)(C)C)c1. The molecule has 0 saturated carbocycles. The number of amides is 1. The van der Waals surface area contributed by atoms with E-state index in [2.05, 4.69) is 41.6 Å². The van der Waals surface area contributed by atoms with Crippen molar-refractivity contribution >= 4 is 36.7 Å². The second kappa shape index (κ2) is 9.23. The molecule has 8 nitrogen and oxygen atoms in total. The van der Waals surface area contributed by atoms with Gasteiger partial charge in [-0.3, -0.25) is 4.79 Å². The summed E-state index contributed by atoms with van der Waals surface area (Å²) in [6.07, 6.45) is 1.19. The Kier molecular flexibility index (Phi) is 6.67. The minimum Gasteiger partial charge on any atom is -0.476 e. The molecular formula is C22H26N4O4Si. The van der Waals surface area contributed by atoms with E-state index in [1.54, 1.807) is 30.3 Å². The predicted molar refractivity (Wildman–Crippen MR) is 123 cm³/mol. The van der Waals surface area contributed by atoms with Gasteiger partial charge >= 0.3 is 5.97 Å². The van der Waals surface area contributed by atoms with Crippen LogP contribution in [0.3, 0.4) is 0 Å². The van der Waals surface area contributed by atoms with Crippen LogP contribution in [0.2, 0.25) is 25.7 Å². The highest BCUT2D eigenvalue weighted by Crippen LogP contribution is 2.25. The molecule has 9 heteroatoms. The lowest BCUT2D eigenvalue weighted by atomic mass is 10.1. The summed E-state index contributed by atoms with van der Waals surface area (Å²) < 4.78 is 7.27. The number of hydrogen-bond acceptors (Lipinski definition) is 5. The second-order valence-electron chi connectivity index (χ2n) is 8.34. The van der Waals surface area contributed by atoms with Crippen LogP contribution in [0.4, 0.5) is 5.69 Å². The molecule has 0 radical (unpaired) electrons. The summed E-state index contributed by atoms with van der Waals surface area (Å²) in [5.41, 5.74) is 2.66. The molecule has 2 heterocycles. The normalized spacial score (nSPS) is 11.5. The number of carboxylic acid groups (broad SMARTS) is 1. The zero-order valence-corrected chi connectivity index (χ0v) is 18.9. The Morgan fingerprint density at radius 3 is 2.71 bits per heavy atom. The van der Waals surface area contributed by atoms with Crippen molar-refractivity contribution in [1.82, 2.24) is 14.8 Å². The number of ether oxygens (including phenoxy) is 1. The number of nitrogens with zero attached hydrogens (tertiary/aromatic N) is 3. The first kappa shape index (κ1) is 22.4. The highest BCUT2D eigenvalue weighted by atomic mass is 28.3. The fraction of sp³-hybridized carbons (Fsp3) is 0.273. The molecule has 1 amide bonds. The summed E-state index contributed by atoms with van der Waals surface area (Å²) in [5.74, 6) is -1.47. The van der Waals surface area contributed by atoms with Crippen LogP contribution in [-0.4, -0.2) is 46.4 Å². The fourth-order valence-electron chi connectivity index (χ4n) is 2.94. The summed E-state index contributed by atoms with van der Waals surface area (Å²) in [4.78, 5) is 27.8.